The van der Waals surface area contributed by atoms with E-state index in [4.69, 9.17) is 4.98 Å². The van der Waals surface area contributed by atoms with E-state index in [0.717, 1.165) is 35.2 Å². The van der Waals surface area contributed by atoms with Crippen molar-refractivity contribution in [1.29, 1.82) is 0 Å². The van der Waals surface area contributed by atoms with E-state index in [1.54, 1.807) is 33.3 Å². The molecule has 6 nitrogen and oxygen atoms in total. The molecule has 0 radical (unpaired) electrons. The van der Waals surface area contributed by atoms with Gasteiger partial charge in [-0.3, -0.25) is 4.79 Å². The molecule has 0 bridgehead atoms. The van der Waals surface area contributed by atoms with Crippen molar-refractivity contribution < 1.29 is 4.79 Å². The summed E-state index contributed by atoms with van der Waals surface area (Å²) in [5, 5.41) is 3.13. The first-order valence-electron chi connectivity index (χ1n) is 9.66. The summed E-state index contributed by atoms with van der Waals surface area (Å²) in [7, 11) is 1.87. The lowest BCUT2D eigenvalue weighted by Gasteiger charge is -2.26. The minimum atomic E-state index is -0.114. The Bertz CT molecular complexity index is 940. The smallest absolute Gasteiger partial charge is 0.278 e. The number of aromatic nitrogens is 3. The minimum Gasteiger partial charge on any atom is -0.348 e. The molecule has 1 saturated heterocycles. The fourth-order valence-corrected chi connectivity index (χ4v) is 4.30. The number of nitrogens with zero attached hydrogens (tertiary/aromatic N) is 5. The number of benzene rings is 1. The number of piperidine rings is 1. The van der Waals surface area contributed by atoms with Crippen LogP contribution in [0.5, 0.6) is 0 Å². The molecular formula is C21H25N5OS. The number of thiazole rings is 1. The van der Waals surface area contributed by atoms with E-state index in [1.807, 2.05) is 38.2 Å². The third kappa shape index (κ3) is 4.09. The molecule has 0 saturated carbocycles. The third-order valence-corrected chi connectivity index (χ3v) is 5.95. The molecule has 0 atom stereocenters. The Morgan fingerprint density at radius 3 is 2.61 bits per heavy atom. The highest BCUT2D eigenvalue weighted by atomic mass is 32.1. The van der Waals surface area contributed by atoms with E-state index in [1.165, 1.54) is 19.3 Å². The molecule has 28 heavy (non-hydrogen) atoms. The first kappa shape index (κ1) is 18.7. The molecule has 1 aliphatic heterocycles. The van der Waals surface area contributed by atoms with Gasteiger partial charge >= 0.3 is 0 Å². The lowest BCUT2D eigenvalue weighted by molar-refractivity contribution is 0.0980. The molecular weight excluding hydrogens is 370 g/mol. The van der Waals surface area contributed by atoms with E-state index in [9.17, 15) is 4.79 Å². The van der Waals surface area contributed by atoms with Gasteiger partial charge in [-0.25, -0.2) is 9.97 Å². The summed E-state index contributed by atoms with van der Waals surface area (Å²) < 4.78 is 1.79. The van der Waals surface area contributed by atoms with E-state index < -0.39 is 0 Å². The van der Waals surface area contributed by atoms with Crippen molar-refractivity contribution in [3.63, 3.8) is 0 Å². The van der Waals surface area contributed by atoms with Gasteiger partial charge in [0, 0.05) is 37.4 Å². The molecule has 7 heteroatoms. The zero-order chi connectivity index (χ0) is 19.5. The second-order valence-corrected chi connectivity index (χ2v) is 8.16. The molecule has 0 unspecified atom stereocenters. The molecule has 1 fully saturated rings. The van der Waals surface area contributed by atoms with E-state index >= 15 is 0 Å². The van der Waals surface area contributed by atoms with Crippen LogP contribution in [0.4, 0.5) is 10.8 Å². The van der Waals surface area contributed by atoms with E-state index in [-0.39, 0.29) is 5.91 Å². The largest absolute Gasteiger partial charge is 0.348 e. The second kappa shape index (κ2) is 8.14. The predicted octanol–water partition coefficient (Wildman–Crippen LogP) is 4.02. The van der Waals surface area contributed by atoms with Crippen molar-refractivity contribution >= 4 is 28.1 Å². The second-order valence-electron chi connectivity index (χ2n) is 7.32. The van der Waals surface area contributed by atoms with Gasteiger partial charge in [-0.1, -0.05) is 17.7 Å². The summed E-state index contributed by atoms with van der Waals surface area (Å²) in [6.45, 7) is 4.62. The van der Waals surface area contributed by atoms with Gasteiger partial charge in [-0.15, -0.1) is 11.3 Å². The van der Waals surface area contributed by atoms with Crippen LogP contribution in [0.15, 0.2) is 42.2 Å². The SMILES string of the molecule is Cc1ccc(N(Cc2csc(N3CCCCC3)n2)C(=O)c2cn(C)cn2)cc1. The number of hydrogen-bond donors (Lipinski definition) is 0. The molecule has 4 rings (SSSR count). The Hall–Kier alpha value is -2.67. The Kier molecular flexibility index (Phi) is 5.43. The number of anilines is 2. The monoisotopic (exact) mass is 395 g/mol. The molecule has 0 aliphatic carbocycles. The summed E-state index contributed by atoms with van der Waals surface area (Å²) in [6, 6.07) is 8.00. The summed E-state index contributed by atoms with van der Waals surface area (Å²) in [4.78, 5) is 26.4. The number of imidazole rings is 1. The quantitative estimate of drug-likeness (QED) is 0.655. The van der Waals surface area contributed by atoms with Crippen LogP contribution in [-0.4, -0.2) is 33.5 Å². The average Bonchev–Trinajstić information content (AvgIpc) is 3.36. The van der Waals surface area contributed by atoms with Crippen LogP contribution in [0.25, 0.3) is 0 Å². The van der Waals surface area contributed by atoms with E-state index in [2.05, 4.69) is 15.3 Å². The fraction of sp³-hybridized carbons (Fsp3) is 0.381. The average molecular weight is 396 g/mol. The van der Waals surface area contributed by atoms with Crippen LogP contribution in [0.2, 0.25) is 0 Å². The molecule has 0 spiro atoms. The van der Waals surface area contributed by atoms with Gasteiger partial charge in [0.25, 0.3) is 5.91 Å². The highest BCUT2D eigenvalue weighted by Gasteiger charge is 2.22. The van der Waals surface area contributed by atoms with Crippen molar-refractivity contribution in [1.82, 2.24) is 14.5 Å². The molecule has 3 aromatic rings. The maximum absolute atomic E-state index is 13.2. The summed E-state index contributed by atoms with van der Waals surface area (Å²) in [6.07, 6.45) is 7.15. The van der Waals surface area contributed by atoms with Crippen LogP contribution >= 0.6 is 11.3 Å². The molecule has 146 valence electrons. The summed E-state index contributed by atoms with van der Waals surface area (Å²) >= 11 is 1.66. The number of amides is 1. The molecule has 1 aliphatic rings. The van der Waals surface area contributed by atoms with Crippen molar-refractivity contribution in [2.24, 2.45) is 7.05 Å². The highest BCUT2D eigenvalue weighted by Crippen LogP contribution is 2.26. The lowest BCUT2D eigenvalue weighted by Crippen LogP contribution is -2.31. The zero-order valence-electron chi connectivity index (χ0n) is 16.3. The predicted molar refractivity (Wildman–Crippen MR) is 113 cm³/mol. The number of carbonyl (C=O) groups is 1. The van der Waals surface area contributed by atoms with Crippen LogP contribution in [0.3, 0.4) is 0 Å². The standard InChI is InChI=1S/C21H25N5OS/c1-16-6-8-18(9-7-16)26(20(27)19-13-24(2)15-22-19)12-17-14-28-21(23-17)25-10-4-3-5-11-25/h6-9,13-15H,3-5,10-12H2,1-2H3. The van der Waals surface area contributed by atoms with Gasteiger partial charge in [0.05, 0.1) is 18.6 Å². The lowest BCUT2D eigenvalue weighted by atomic mass is 10.1. The number of carbonyl (C=O) groups excluding carboxylic acids is 1. The Labute approximate surface area is 169 Å². The first-order chi connectivity index (χ1) is 13.6. The van der Waals surface area contributed by atoms with Gasteiger partial charge in [-0.05, 0) is 38.3 Å². The topological polar surface area (TPSA) is 54.3 Å². The van der Waals surface area contributed by atoms with Crippen LogP contribution in [-0.2, 0) is 13.6 Å². The van der Waals surface area contributed by atoms with Crippen molar-refractivity contribution in [3.8, 4) is 0 Å². The highest BCUT2D eigenvalue weighted by molar-refractivity contribution is 7.13. The van der Waals surface area contributed by atoms with Crippen molar-refractivity contribution in [3.05, 3.63) is 59.1 Å². The number of aryl methyl sites for hydroxylation is 2. The van der Waals surface area contributed by atoms with Gasteiger partial charge in [0.15, 0.2) is 5.13 Å². The van der Waals surface area contributed by atoms with Gasteiger partial charge in [0.1, 0.15) is 5.69 Å². The van der Waals surface area contributed by atoms with Crippen LogP contribution < -0.4 is 9.80 Å². The molecule has 3 heterocycles. The summed E-state index contributed by atoms with van der Waals surface area (Å²) in [5.74, 6) is -0.114. The normalized spacial score (nSPS) is 14.3. The molecule has 0 N–H and O–H groups in total. The van der Waals surface area contributed by atoms with Gasteiger partial charge in [-0.2, -0.15) is 0 Å². The number of hydrogen-bond acceptors (Lipinski definition) is 5. The first-order valence-corrected chi connectivity index (χ1v) is 10.5. The molecule has 1 aromatic carbocycles. The Morgan fingerprint density at radius 2 is 1.93 bits per heavy atom. The van der Waals surface area contributed by atoms with Crippen LogP contribution in [0, 0.1) is 6.92 Å². The van der Waals surface area contributed by atoms with Crippen LogP contribution in [0.1, 0.15) is 41.0 Å². The molecule has 2 aromatic heterocycles. The van der Waals surface area contributed by atoms with Crippen molar-refractivity contribution in [2.75, 3.05) is 22.9 Å². The Morgan fingerprint density at radius 1 is 1.18 bits per heavy atom. The van der Waals surface area contributed by atoms with E-state index in [0.29, 0.717) is 12.2 Å². The Balaban J connectivity index is 1.59. The maximum Gasteiger partial charge on any atom is 0.278 e. The zero-order valence-corrected chi connectivity index (χ0v) is 17.2. The summed E-state index contributed by atoms with van der Waals surface area (Å²) in [5.41, 5.74) is 3.37. The van der Waals surface area contributed by atoms with Crippen molar-refractivity contribution in [2.45, 2.75) is 32.7 Å². The minimum absolute atomic E-state index is 0.114. The van der Waals surface area contributed by atoms with Gasteiger partial charge < -0.3 is 14.4 Å². The molecule has 1 amide bonds. The fourth-order valence-electron chi connectivity index (χ4n) is 3.43. The maximum atomic E-state index is 13.2. The third-order valence-electron chi connectivity index (χ3n) is 5.00. The number of rotatable bonds is 5. The van der Waals surface area contributed by atoms with Gasteiger partial charge in [0.2, 0.25) is 0 Å².